The molecule has 0 radical (unpaired) electrons. The van der Waals surface area contributed by atoms with Gasteiger partial charge in [0.05, 0.1) is 32.4 Å². The quantitative estimate of drug-likeness (QED) is 0.767. The highest BCUT2D eigenvalue weighted by molar-refractivity contribution is 5.76. The van der Waals surface area contributed by atoms with Crippen LogP contribution in [0.15, 0.2) is 12.1 Å². The second kappa shape index (κ2) is 6.95. The molecule has 3 N–H and O–H groups in total. The zero-order valence-corrected chi connectivity index (χ0v) is 11.6. The van der Waals surface area contributed by atoms with Crippen LogP contribution in [0.4, 0.5) is 4.39 Å². The summed E-state index contributed by atoms with van der Waals surface area (Å²) in [5.41, 5.74) is 5.90. The van der Waals surface area contributed by atoms with E-state index in [9.17, 15) is 14.3 Å². The largest absolute Gasteiger partial charge is 0.508 e. The number of ether oxygens (including phenoxy) is 3. The first kappa shape index (κ1) is 16.0. The molecule has 0 saturated heterocycles. The average molecular weight is 287 g/mol. The second-order valence-corrected chi connectivity index (χ2v) is 3.94. The lowest BCUT2D eigenvalue weighted by molar-refractivity contribution is -0.149. The number of halogens is 1. The molecule has 1 aromatic carbocycles. The number of hydrogen-bond donors (Lipinski definition) is 2. The molecule has 1 aromatic rings. The molecule has 0 bridgehead atoms. The number of alkyl halides is 1. The van der Waals surface area contributed by atoms with E-state index < -0.39 is 18.2 Å². The molecule has 0 fully saturated rings. The summed E-state index contributed by atoms with van der Waals surface area (Å²) in [6, 6.07) is 1.19. The Bertz CT molecular complexity index is 455. The molecule has 6 nitrogen and oxygen atoms in total. The van der Waals surface area contributed by atoms with Gasteiger partial charge < -0.3 is 25.1 Å². The highest BCUT2D eigenvalue weighted by Crippen LogP contribution is 2.38. The molecule has 20 heavy (non-hydrogen) atoms. The number of phenols is 1. The van der Waals surface area contributed by atoms with E-state index in [0.29, 0.717) is 0 Å². The molecule has 2 atom stereocenters. The van der Waals surface area contributed by atoms with Crippen LogP contribution in [0.2, 0.25) is 0 Å². The van der Waals surface area contributed by atoms with E-state index in [2.05, 4.69) is 4.74 Å². The second-order valence-electron chi connectivity index (χ2n) is 3.94. The number of hydrogen-bond acceptors (Lipinski definition) is 6. The molecule has 0 spiro atoms. The number of esters is 1. The van der Waals surface area contributed by atoms with Crippen molar-refractivity contribution in [1.29, 1.82) is 0 Å². The Balaban J connectivity index is 3.19. The number of benzene rings is 1. The number of carbonyl (C=O) groups excluding carboxylic acids is 1. The first-order chi connectivity index (χ1) is 9.46. The van der Waals surface area contributed by atoms with Crippen LogP contribution < -0.4 is 15.2 Å². The maximum Gasteiger partial charge on any atom is 0.342 e. The summed E-state index contributed by atoms with van der Waals surface area (Å²) >= 11 is 0. The maximum atomic E-state index is 14.0. The average Bonchev–Trinajstić information content (AvgIpc) is 2.44. The lowest BCUT2D eigenvalue weighted by Gasteiger charge is -2.21. The van der Waals surface area contributed by atoms with E-state index in [4.69, 9.17) is 15.2 Å². The van der Waals surface area contributed by atoms with Gasteiger partial charge in [-0.2, -0.15) is 0 Å². The van der Waals surface area contributed by atoms with Gasteiger partial charge in [-0.05, 0) is 6.92 Å². The van der Waals surface area contributed by atoms with Gasteiger partial charge in [-0.1, -0.05) is 0 Å². The van der Waals surface area contributed by atoms with Crippen molar-refractivity contribution in [3.8, 4) is 17.2 Å². The van der Waals surface area contributed by atoms with Crippen molar-refractivity contribution in [3.63, 3.8) is 0 Å². The van der Waals surface area contributed by atoms with E-state index in [-0.39, 0.29) is 29.4 Å². The van der Waals surface area contributed by atoms with Gasteiger partial charge in [0.25, 0.3) is 0 Å². The molecule has 0 aliphatic heterocycles. The topological polar surface area (TPSA) is 91.0 Å². The lowest BCUT2D eigenvalue weighted by atomic mass is 10.0. The zero-order chi connectivity index (χ0) is 15.3. The summed E-state index contributed by atoms with van der Waals surface area (Å²) < 4.78 is 28.7. The van der Waals surface area contributed by atoms with E-state index >= 15 is 0 Å². The standard InChI is InChI=1S/C13H18FNO5/c1-4-20-13(17)11(14)12(15)10-8(18-2)5-7(16)6-9(10)19-3/h5-6,11-12,16H,4,15H2,1-3H3/t11?,12-/m0/s1. The fourth-order valence-electron chi connectivity index (χ4n) is 1.77. The molecule has 0 aromatic heterocycles. The van der Waals surface area contributed by atoms with E-state index in [0.717, 1.165) is 0 Å². The summed E-state index contributed by atoms with van der Waals surface area (Å²) in [5.74, 6) is -0.930. The zero-order valence-electron chi connectivity index (χ0n) is 11.6. The molecular formula is C13H18FNO5. The van der Waals surface area contributed by atoms with Crippen LogP contribution in [0.1, 0.15) is 18.5 Å². The van der Waals surface area contributed by atoms with Crippen molar-refractivity contribution in [2.24, 2.45) is 5.73 Å². The predicted octanol–water partition coefficient (Wildman–Crippen LogP) is 1.31. The van der Waals surface area contributed by atoms with Crippen molar-refractivity contribution in [3.05, 3.63) is 17.7 Å². The fourth-order valence-corrected chi connectivity index (χ4v) is 1.77. The number of methoxy groups -OCH3 is 2. The number of nitrogens with two attached hydrogens (primary N) is 1. The van der Waals surface area contributed by atoms with Crippen molar-refractivity contribution in [2.75, 3.05) is 20.8 Å². The van der Waals surface area contributed by atoms with Gasteiger partial charge in [-0.15, -0.1) is 0 Å². The van der Waals surface area contributed by atoms with Crippen LogP contribution in [0.25, 0.3) is 0 Å². The monoisotopic (exact) mass is 287 g/mol. The minimum Gasteiger partial charge on any atom is -0.508 e. The summed E-state index contributed by atoms with van der Waals surface area (Å²) in [7, 11) is 2.67. The van der Waals surface area contributed by atoms with E-state index in [1.807, 2.05) is 0 Å². The van der Waals surface area contributed by atoms with Gasteiger partial charge in [0.2, 0.25) is 6.17 Å². The van der Waals surface area contributed by atoms with Crippen LogP contribution in [0.5, 0.6) is 17.2 Å². The number of aromatic hydroxyl groups is 1. The Labute approximate surface area is 116 Å². The van der Waals surface area contributed by atoms with Gasteiger partial charge >= 0.3 is 5.97 Å². The minimum absolute atomic E-state index is 0.0514. The molecule has 0 saturated carbocycles. The van der Waals surface area contributed by atoms with Crippen LogP contribution >= 0.6 is 0 Å². The highest BCUT2D eigenvalue weighted by Gasteiger charge is 2.32. The van der Waals surface area contributed by atoms with E-state index in [1.54, 1.807) is 6.92 Å². The number of carbonyl (C=O) groups is 1. The first-order valence-corrected chi connectivity index (χ1v) is 5.97. The molecular weight excluding hydrogens is 269 g/mol. The van der Waals surface area contributed by atoms with Crippen LogP contribution in [0, 0.1) is 0 Å². The minimum atomic E-state index is -2.07. The summed E-state index contributed by atoms with van der Waals surface area (Å²) in [5, 5.41) is 9.51. The normalized spacial score (nSPS) is 13.4. The van der Waals surface area contributed by atoms with Crippen LogP contribution in [-0.4, -0.2) is 38.1 Å². The number of rotatable bonds is 6. The predicted molar refractivity (Wildman–Crippen MR) is 69.7 cm³/mol. The van der Waals surface area contributed by atoms with E-state index in [1.165, 1.54) is 26.4 Å². The fraction of sp³-hybridized carbons (Fsp3) is 0.462. The van der Waals surface area contributed by atoms with Crippen molar-refractivity contribution < 1.29 is 28.5 Å². The molecule has 0 aliphatic rings. The summed E-state index contributed by atoms with van der Waals surface area (Å²) in [6.07, 6.45) is -2.07. The molecule has 0 heterocycles. The van der Waals surface area contributed by atoms with Crippen molar-refractivity contribution in [2.45, 2.75) is 19.1 Å². The summed E-state index contributed by atoms with van der Waals surface area (Å²) in [6.45, 7) is 1.62. The smallest absolute Gasteiger partial charge is 0.342 e. The third kappa shape index (κ3) is 3.30. The Morgan fingerprint density at radius 2 is 1.85 bits per heavy atom. The van der Waals surface area contributed by atoms with Crippen molar-refractivity contribution in [1.82, 2.24) is 0 Å². The van der Waals surface area contributed by atoms with Gasteiger partial charge in [-0.25, -0.2) is 9.18 Å². The summed E-state index contributed by atoms with van der Waals surface area (Å²) in [4.78, 5) is 11.4. The highest BCUT2D eigenvalue weighted by atomic mass is 19.1. The van der Waals surface area contributed by atoms with Gasteiger partial charge in [0.1, 0.15) is 17.2 Å². The van der Waals surface area contributed by atoms with Crippen LogP contribution in [-0.2, 0) is 9.53 Å². The molecule has 112 valence electrons. The Hall–Kier alpha value is -2.02. The third-order valence-electron chi connectivity index (χ3n) is 2.69. The molecule has 0 aliphatic carbocycles. The maximum absolute atomic E-state index is 14.0. The van der Waals surface area contributed by atoms with Gasteiger partial charge in [0.15, 0.2) is 0 Å². The van der Waals surface area contributed by atoms with Crippen LogP contribution in [0.3, 0.4) is 0 Å². The molecule has 7 heteroatoms. The number of phenolic OH excluding ortho intramolecular Hbond substituents is 1. The third-order valence-corrected chi connectivity index (χ3v) is 2.69. The van der Waals surface area contributed by atoms with Gasteiger partial charge in [0, 0.05) is 12.1 Å². The molecule has 1 rings (SSSR count). The molecule has 1 unspecified atom stereocenters. The first-order valence-electron chi connectivity index (χ1n) is 5.97. The SMILES string of the molecule is CCOC(=O)C(F)[C@@H](N)c1c(OC)cc(O)cc1OC. The lowest BCUT2D eigenvalue weighted by Crippen LogP contribution is -2.32. The Kier molecular flexibility index (Phi) is 5.57. The Morgan fingerprint density at radius 1 is 1.35 bits per heavy atom. The van der Waals surface area contributed by atoms with Crippen molar-refractivity contribution >= 4 is 5.97 Å². The molecule has 0 amide bonds. The van der Waals surface area contributed by atoms with Gasteiger partial charge in [-0.3, -0.25) is 0 Å². The Morgan fingerprint density at radius 3 is 2.25 bits per heavy atom.